The van der Waals surface area contributed by atoms with Gasteiger partial charge >= 0.3 is 5.97 Å². The zero-order chi connectivity index (χ0) is 18.1. The number of carbonyl (C=O) groups is 2. The molecule has 0 fully saturated rings. The highest BCUT2D eigenvalue weighted by Gasteiger charge is 2.25. The lowest BCUT2D eigenvalue weighted by Crippen LogP contribution is -2.14. The van der Waals surface area contributed by atoms with Crippen molar-refractivity contribution in [3.8, 4) is 5.75 Å². The van der Waals surface area contributed by atoms with Crippen LogP contribution in [0.2, 0.25) is 0 Å². The molecule has 3 aromatic rings. The number of rotatable bonds is 4. The Kier molecular flexibility index (Phi) is 4.22. The van der Waals surface area contributed by atoms with Crippen LogP contribution in [-0.2, 0) is 11.2 Å². The second-order valence-electron chi connectivity index (χ2n) is 5.49. The first-order valence-corrected chi connectivity index (χ1v) is 7.48. The lowest BCUT2D eigenvalue weighted by molar-refractivity contribution is -0.136. The Morgan fingerprint density at radius 3 is 2.68 bits per heavy atom. The first-order valence-electron chi connectivity index (χ1n) is 7.48. The number of methoxy groups -OCH3 is 1. The standard InChI is InChI=1S/C18H15FN2O4/c1-10-12(8-15(22)23)16-13(5-6-14(25-2)17(16)19)21(10)18(24)11-4-3-7-20-9-11/h3-7,9H,8H2,1-2H3,(H,22,23). The average Bonchev–Trinajstić information content (AvgIpc) is 2.87. The Morgan fingerprint density at radius 2 is 2.08 bits per heavy atom. The molecule has 0 amide bonds. The average molecular weight is 342 g/mol. The fourth-order valence-corrected chi connectivity index (χ4v) is 2.92. The molecule has 3 rings (SSSR count). The molecule has 0 saturated carbocycles. The maximum Gasteiger partial charge on any atom is 0.307 e. The van der Waals surface area contributed by atoms with E-state index in [1.54, 1.807) is 25.1 Å². The third kappa shape index (κ3) is 2.73. The van der Waals surface area contributed by atoms with Crippen LogP contribution in [0, 0.1) is 12.7 Å². The van der Waals surface area contributed by atoms with Gasteiger partial charge in [-0.25, -0.2) is 4.39 Å². The van der Waals surface area contributed by atoms with Crippen LogP contribution >= 0.6 is 0 Å². The number of benzene rings is 1. The summed E-state index contributed by atoms with van der Waals surface area (Å²) in [4.78, 5) is 28.0. The first-order chi connectivity index (χ1) is 12.0. The summed E-state index contributed by atoms with van der Waals surface area (Å²) >= 11 is 0. The molecule has 128 valence electrons. The van der Waals surface area contributed by atoms with E-state index in [0.29, 0.717) is 16.8 Å². The smallest absolute Gasteiger partial charge is 0.307 e. The monoisotopic (exact) mass is 342 g/mol. The Balaban J connectivity index is 2.33. The second kappa shape index (κ2) is 6.35. The molecule has 25 heavy (non-hydrogen) atoms. The summed E-state index contributed by atoms with van der Waals surface area (Å²) in [7, 11) is 1.33. The van der Waals surface area contributed by atoms with Gasteiger partial charge < -0.3 is 9.84 Å². The van der Waals surface area contributed by atoms with Crippen molar-refractivity contribution in [2.24, 2.45) is 0 Å². The molecule has 0 radical (unpaired) electrons. The largest absolute Gasteiger partial charge is 0.494 e. The van der Waals surface area contributed by atoms with Gasteiger partial charge in [-0.2, -0.15) is 0 Å². The molecule has 0 bridgehead atoms. The summed E-state index contributed by atoms with van der Waals surface area (Å²) in [6, 6.07) is 6.17. The van der Waals surface area contributed by atoms with Crippen molar-refractivity contribution in [2.45, 2.75) is 13.3 Å². The number of hydrogen-bond donors (Lipinski definition) is 1. The Hall–Kier alpha value is -3.22. The molecule has 7 heteroatoms. The Labute approximate surface area is 142 Å². The highest BCUT2D eigenvalue weighted by Crippen LogP contribution is 2.34. The molecule has 0 aliphatic heterocycles. The van der Waals surface area contributed by atoms with E-state index in [0.717, 1.165) is 0 Å². The third-order valence-electron chi connectivity index (χ3n) is 4.06. The van der Waals surface area contributed by atoms with Crippen LogP contribution < -0.4 is 4.74 Å². The third-order valence-corrected chi connectivity index (χ3v) is 4.06. The lowest BCUT2D eigenvalue weighted by Gasteiger charge is -2.07. The van der Waals surface area contributed by atoms with Gasteiger partial charge in [0.2, 0.25) is 0 Å². The molecule has 1 aromatic carbocycles. The molecule has 0 aliphatic carbocycles. The lowest BCUT2D eigenvalue weighted by atomic mass is 10.1. The number of halogens is 1. The predicted octanol–water partition coefficient (Wildman–Crippen LogP) is 2.81. The maximum atomic E-state index is 14.8. The molecule has 1 N–H and O–H groups in total. The molecule has 0 aliphatic rings. The number of carboxylic acids is 1. The highest BCUT2D eigenvalue weighted by molar-refractivity contribution is 6.04. The fourth-order valence-electron chi connectivity index (χ4n) is 2.92. The van der Waals surface area contributed by atoms with Gasteiger partial charge in [0.1, 0.15) is 0 Å². The SMILES string of the molecule is COc1ccc2c(c1F)c(CC(=O)O)c(C)n2C(=O)c1cccnc1. The number of hydrogen-bond acceptors (Lipinski definition) is 4. The van der Waals surface area contributed by atoms with Crippen LogP contribution in [0.15, 0.2) is 36.7 Å². The quantitative estimate of drug-likeness (QED) is 0.788. The molecule has 6 nitrogen and oxygen atoms in total. The van der Waals surface area contributed by atoms with Gasteiger partial charge in [-0.15, -0.1) is 0 Å². The summed E-state index contributed by atoms with van der Waals surface area (Å²) in [5.41, 5.74) is 1.23. The van der Waals surface area contributed by atoms with E-state index in [-0.39, 0.29) is 16.7 Å². The fraction of sp³-hybridized carbons (Fsp3) is 0.167. The number of aromatic nitrogens is 2. The molecule has 2 heterocycles. The predicted molar refractivity (Wildman–Crippen MR) is 88.5 cm³/mol. The summed E-state index contributed by atoms with van der Waals surface area (Å²) < 4.78 is 21.1. The normalized spacial score (nSPS) is 10.8. The van der Waals surface area contributed by atoms with E-state index >= 15 is 0 Å². The summed E-state index contributed by atoms with van der Waals surface area (Å²) in [5, 5.41) is 9.26. The number of nitrogens with zero attached hydrogens (tertiary/aromatic N) is 2. The number of pyridine rings is 1. The van der Waals surface area contributed by atoms with E-state index in [4.69, 9.17) is 4.74 Å². The Bertz CT molecular complexity index is 980. The molecule has 0 spiro atoms. The van der Waals surface area contributed by atoms with Crippen molar-refractivity contribution >= 4 is 22.8 Å². The Morgan fingerprint density at radius 1 is 1.32 bits per heavy atom. The minimum absolute atomic E-state index is 0.00915. The van der Waals surface area contributed by atoms with Crippen LogP contribution in [0.4, 0.5) is 4.39 Å². The first kappa shape index (κ1) is 16.6. The molecular formula is C18H15FN2O4. The van der Waals surface area contributed by atoms with Gasteiger partial charge in [0.05, 0.1) is 24.6 Å². The van der Waals surface area contributed by atoms with Crippen molar-refractivity contribution in [1.29, 1.82) is 0 Å². The van der Waals surface area contributed by atoms with E-state index in [9.17, 15) is 19.1 Å². The zero-order valence-electron chi connectivity index (χ0n) is 13.6. The highest BCUT2D eigenvalue weighted by atomic mass is 19.1. The molecule has 0 atom stereocenters. The van der Waals surface area contributed by atoms with Crippen molar-refractivity contribution < 1.29 is 23.8 Å². The number of carboxylic acid groups (broad SMARTS) is 1. The second-order valence-corrected chi connectivity index (χ2v) is 5.49. The van der Waals surface area contributed by atoms with Crippen molar-refractivity contribution in [3.05, 3.63) is 59.3 Å². The van der Waals surface area contributed by atoms with Gasteiger partial charge in [-0.05, 0) is 36.8 Å². The van der Waals surface area contributed by atoms with Crippen LogP contribution in [-0.4, -0.2) is 33.6 Å². The summed E-state index contributed by atoms with van der Waals surface area (Å²) in [6.07, 6.45) is 2.54. The molecular weight excluding hydrogens is 327 g/mol. The minimum Gasteiger partial charge on any atom is -0.494 e. The van der Waals surface area contributed by atoms with Crippen molar-refractivity contribution in [3.63, 3.8) is 0 Å². The van der Waals surface area contributed by atoms with Gasteiger partial charge in [0.15, 0.2) is 11.6 Å². The maximum absolute atomic E-state index is 14.8. The van der Waals surface area contributed by atoms with Crippen LogP contribution in [0.1, 0.15) is 21.6 Å². The topological polar surface area (TPSA) is 81.4 Å². The molecule has 0 unspecified atom stereocenters. The molecule has 0 saturated heterocycles. The summed E-state index contributed by atoms with van der Waals surface area (Å²) in [6.45, 7) is 1.60. The number of carbonyl (C=O) groups excluding carboxylic acids is 1. The van der Waals surface area contributed by atoms with Gasteiger partial charge in [0, 0.05) is 23.5 Å². The number of aliphatic carboxylic acids is 1. The number of ether oxygens (including phenoxy) is 1. The van der Waals surface area contributed by atoms with Crippen LogP contribution in [0.3, 0.4) is 0 Å². The van der Waals surface area contributed by atoms with E-state index in [1.807, 2.05) is 0 Å². The van der Waals surface area contributed by atoms with Crippen molar-refractivity contribution in [2.75, 3.05) is 7.11 Å². The van der Waals surface area contributed by atoms with E-state index in [2.05, 4.69) is 4.98 Å². The molecule has 2 aromatic heterocycles. The van der Waals surface area contributed by atoms with Gasteiger partial charge in [-0.1, -0.05) is 0 Å². The van der Waals surface area contributed by atoms with Gasteiger partial charge in [0.25, 0.3) is 5.91 Å². The van der Waals surface area contributed by atoms with Crippen molar-refractivity contribution in [1.82, 2.24) is 9.55 Å². The van der Waals surface area contributed by atoms with Crippen LogP contribution in [0.25, 0.3) is 10.9 Å². The minimum atomic E-state index is -1.11. The van der Waals surface area contributed by atoms with E-state index < -0.39 is 24.1 Å². The summed E-state index contributed by atoms with van der Waals surface area (Å²) in [5.74, 6) is -2.21. The zero-order valence-corrected chi connectivity index (χ0v) is 13.6. The van der Waals surface area contributed by atoms with Crippen LogP contribution in [0.5, 0.6) is 5.75 Å². The van der Waals surface area contributed by atoms with Gasteiger partial charge in [-0.3, -0.25) is 19.1 Å². The number of fused-ring (bicyclic) bond motifs is 1. The van der Waals surface area contributed by atoms with E-state index in [1.165, 1.54) is 30.1 Å².